The highest BCUT2D eigenvalue weighted by Crippen LogP contribution is 2.60. The van der Waals surface area contributed by atoms with Gasteiger partial charge in [-0.2, -0.15) is 0 Å². The van der Waals surface area contributed by atoms with Crippen LogP contribution in [0.2, 0.25) is 0 Å². The molecule has 0 bridgehead atoms. The van der Waals surface area contributed by atoms with Gasteiger partial charge in [-0.1, -0.05) is 19.9 Å². The molecule has 0 saturated heterocycles. The van der Waals surface area contributed by atoms with Crippen LogP contribution >= 0.6 is 0 Å². The lowest BCUT2D eigenvalue weighted by atomic mass is 9.98. The number of hydrogen-bond acceptors (Lipinski definition) is 4. The maximum Gasteiger partial charge on any atom is 0.333 e. The minimum absolute atomic E-state index is 0.0353. The van der Waals surface area contributed by atoms with Crippen molar-refractivity contribution in [3.63, 3.8) is 0 Å². The van der Waals surface area contributed by atoms with Crippen LogP contribution in [0.4, 0.5) is 8.78 Å². The van der Waals surface area contributed by atoms with Crippen LogP contribution in [0.25, 0.3) is 0 Å². The van der Waals surface area contributed by atoms with Gasteiger partial charge in [0, 0.05) is 16.7 Å². The van der Waals surface area contributed by atoms with E-state index in [0.29, 0.717) is 11.1 Å². The standard InChI is InChI=1S/C21H26F2O4/c1-10(19(24)26-7)8-15-16(21(15,5)6)20(25)27-9-14-11(2)17(22)13(4)18(23)12(14)3/h8,15-16H,9H2,1-7H3/b10-8+/t15-,16+/m1/s1. The van der Waals surface area contributed by atoms with Crippen LogP contribution in [0.15, 0.2) is 11.6 Å². The van der Waals surface area contributed by atoms with Gasteiger partial charge in [-0.05, 0) is 50.2 Å². The summed E-state index contributed by atoms with van der Waals surface area (Å²) in [7, 11) is 1.30. The summed E-state index contributed by atoms with van der Waals surface area (Å²) < 4.78 is 38.3. The van der Waals surface area contributed by atoms with Crippen LogP contribution in [-0.4, -0.2) is 19.0 Å². The zero-order valence-corrected chi connectivity index (χ0v) is 16.8. The molecule has 0 aromatic heterocycles. The molecule has 1 aliphatic rings. The van der Waals surface area contributed by atoms with Crippen molar-refractivity contribution in [2.75, 3.05) is 7.11 Å². The van der Waals surface area contributed by atoms with E-state index in [-0.39, 0.29) is 34.6 Å². The first-order chi connectivity index (χ1) is 12.4. The van der Waals surface area contributed by atoms with Gasteiger partial charge in [-0.25, -0.2) is 13.6 Å². The van der Waals surface area contributed by atoms with E-state index in [1.54, 1.807) is 26.8 Å². The number of carbonyl (C=O) groups is 2. The average Bonchev–Trinajstić information content (AvgIpc) is 3.17. The van der Waals surface area contributed by atoms with Crippen LogP contribution in [0.5, 0.6) is 0 Å². The summed E-state index contributed by atoms with van der Waals surface area (Å²) >= 11 is 0. The Morgan fingerprint density at radius 3 is 2.07 bits per heavy atom. The zero-order valence-electron chi connectivity index (χ0n) is 16.8. The summed E-state index contributed by atoms with van der Waals surface area (Å²) in [6, 6.07) is 0. The monoisotopic (exact) mass is 380 g/mol. The SMILES string of the molecule is COC(=O)/C(C)=C/[C@@H]1[C@@H](C(=O)OCc2c(C)c(F)c(C)c(F)c2C)C1(C)C. The van der Waals surface area contributed by atoms with E-state index < -0.39 is 29.5 Å². The van der Waals surface area contributed by atoms with Crippen molar-refractivity contribution in [1.82, 2.24) is 0 Å². The number of carbonyl (C=O) groups excluding carboxylic acids is 2. The molecule has 6 heteroatoms. The molecule has 1 saturated carbocycles. The Morgan fingerprint density at radius 1 is 1.07 bits per heavy atom. The third-order valence-electron chi connectivity index (χ3n) is 5.68. The first-order valence-electron chi connectivity index (χ1n) is 8.82. The maximum atomic E-state index is 14.1. The van der Waals surface area contributed by atoms with Crippen molar-refractivity contribution in [2.24, 2.45) is 17.3 Å². The van der Waals surface area contributed by atoms with Crippen molar-refractivity contribution in [1.29, 1.82) is 0 Å². The second kappa shape index (κ2) is 7.41. The van der Waals surface area contributed by atoms with Gasteiger partial charge in [0.25, 0.3) is 0 Å². The maximum absolute atomic E-state index is 14.1. The zero-order chi connectivity index (χ0) is 20.7. The molecule has 0 N–H and O–H groups in total. The first kappa shape index (κ1) is 21.1. The lowest BCUT2D eigenvalue weighted by Gasteiger charge is -2.15. The quantitative estimate of drug-likeness (QED) is 0.564. The molecule has 0 spiro atoms. The van der Waals surface area contributed by atoms with E-state index in [9.17, 15) is 18.4 Å². The Labute approximate surface area is 158 Å². The third kappa shape index (κ3) is 3.75. The molecule has 0 unspecified atom stereocenters. The molecule has 1 aliphatic carbocycles. The summed E-state index contributed by atoms with van der Waals surface area (Å²) in [5.74, 6) is -2.70. The van der Waals surface area contributed by atoms with E-state index in [0.717, 1.165) is 0 Å². The number of rotatable bonds is 5. The summed E-state index contributed by atoms with van der Waals surface area (Å²) in [6.07, 6.45) is 1.72. The van der Waals surface area contributed by atoms with Gasteiger partial charge in [0.2, 0.25) is 0 Å². The van der Waals surface area contributed by atoms with E-state index in [1.165, 1.54) is 14.0 Å². The fourth-order valence-electron chi connectivity index (χ4n) is 3.59. The fraction of sp³-hybridized carbons (Fsp3) is 0.524. The van der Waals surface area contributed by atoms with Crippen molar-refractivity contribution >= 4 is 11.9 Å². The second-order valence-electron chi connectivity index (χ2n) is 7.76. The highest BCUT2D eigenvalue weighted by Gasteiger charge is 2.61. The van der Waals surface area contributed by atoms with E-state index in [4.69, 9.17) is 4.74 Å². The largest absolute Gasteiger partial charge is 0.466 e. The van der Waals surface area contributed by atoms with E-state index >= 15 is 0 Å². The smallest absolute Gasteiger partial charge is 0.333 e. The summed E-state index contributed by atoms with van der Waals surface area (Å²) in [5, 5.41) is 0. The number of benzene rings is 1. The number of halogens is 2. The fourth-order valence-corrected chi connectivity index (χ4v) is 3.59. The number of allylic oxidation sites excluding steroid dienone is 1. The number of methoxy groups -OCH3 is 1. The van der Waals surface area contributed by atoms with Crippen LogP contribution in [-0.2, 0) is 25.7 Å². The number of esters is 2. The molecular weight excluding hydrogens is 354 g/mol. The normalized spacial score (nSPS) is 21.0. The highest BCUT2D eigenvalue weighted by molar-refractivity contribution is 5.88. The molecule has 1 fully saturated rings. The van der Waals surface area contributed by atoms with Crippen LogP contribution < -0.4 is 0 Å². The molecule has 27 heavy (non-hydrogen) atoms. The summed E-state index contributed by atoms with van der Waals surface area (Å²) in [4.78, 5) is 24.1. The Hall–Kier alpha value is -2.24. The van der Waals surface area contributed by atoms with Crippen LogP contribution in [0, 0.1) is 49.7 Å². The minimum Gasteiger partial charge on any atom is -0.466 e. The molecule has 4 nitrogen and oxygen atoms in total. The van der Waals surface area contributed by atoms with E-state index in [2.05, 4.69) is 4.74 Å². The molecule has 1 aromatic carbocycles. The highest BCUT2D eigenvalue weighted by atomic mass is 19.1. The van der Waals surface area contributed by atoms with Gasteiger partial charge in [-0.3, -0.25) is 4.79 Å². The number of hydrogen-bond donors (Lipinski definition) is 0. The lowest BCUT2D eigenvalue weighted by Crippen LogP contribution is -2.13. The molecule has 0 radical (unpaired) electrons. The Balaban J connectivity index is 2.15. The molecule has 0 aliphatic heterocycles. The lowest BCUT2D eigenvalue weighted by molar-refractivity contribution is -0.147. The van der Waals surface area contributed by atoms with Gasteiger partial charge in [0.1, 0.15) is 18.2 Å². The van der Waals surface area contributed by atoms with Gasteiger partial charge < -0.3 is 9.47 Å². The van der Waals surface area contributed by atoms with Crippen molar-refractivity contribution in [3.8, 4) is 0 Å². The predicted molar refractivity (Wildman–Crippen MR) is 96.9 cm³/mol. The summed E-state index contributed by atoms with van der Waals surface area (Å²) in [6.45, 7) is 9.73. The Morgan fingerprint density at radius 2 is 1.59 bits per heavy atom. The predicted octanol–water partition coefficient (Wildman–Crippen LogP) is 4.32. The van der Waals surface area contributed by atoms with Crippen LogP contribution in [0.1, 0.15) is 43.0 Å². The van der Waals surface area contributed by atoms with Crippen LogP contribution in [0.3, 0.4) is 0 Å². The molecular formula is C21H26F2O4. The van der Waals surface area contributed by atoms with Gasteiger partial charge in [0.05, 0.1) is 13.0 Å². The number of ether oxygens (including phenoxy) is 2. The Kier molecular flexibility index (Phi) is 5.78. The van der Waals surface area contributed by atoms with Gasteiger partial charge >= 0.3 is 11.9 Å². The molecule has 2 atom stereocenters. The van der Waals surface area contributed by atoms with Crippen molar-refractivity contribution in [3.05, 3.63) is 45.5 Å². The molecule has 0 heterocycles. The molecule has 0 amide bonds. The molecule has 1 aromatic rings. The first-order valence-corrected chi connectivity index (χ1v) is 8.82. The minimum atomic E-state index is -0.620. The topological polar surface area (TPSA) is 52.6 Å². The van der Waals surface area contributed by atoms with Crippen molar-refractivity contribution < 1.29 is 27.8 Å². The van der Waals surface area contributed by atoms with Gasteiger partial charge in [-0.15, -0.1) is 0 Å². The summed E-state index contributed by atoms with van der Waals surface area (Å²) in [5.41, 5.74) is 0.951. The molecule has 148 valence electrons. The Bertz CT molecular complexity index is 795. The second-order valence-corrected chi connectivity index (χ2v) is 7.76. The van der Waals surface area contributed by atoms with Crippen molar-refractivity contribution in [2.45, 2.75) is 48.1 Å². The third-order valence-corrected chi connectivity index (χ3v) is 5.68. The van der Waals surface area contributed by atoms with Gasteiger partial charge in [0.15, 0.2) is 0 Å². The van der Waals surface area contributed by atoms with E-state index in [1.807, 2.05) is 13.8 Å². The molecule has 2 rings (SSSR count). The average molecular weight is 380 g/mol.